The van der Waals surface area contributed by atoms with Crippen molar-refractivity contribution in [2.24, 2.45) is 5.84 Å². The quantitative estimate of drug-likeness (QED) is 0.485. The van der Waals surface area contributed by atoms with E-state index in [2.05, 4.69) is 10.4 Å². The first-order chi connectivity index (χ1) is 8.20. The first-order valence-corrected chi connectivity index (χ1v) is 5.30. The molecule has 0 radical (unpaired) electrons. The van der Waals surface area contributed by atoms with Gasteiger partial charge in [-0.1, -0.05) is 23.7 Å². The molecule has 0 aliphatic rings. The van der Waals surface area contributed by atoms with Crippen molar-refractivity contribution < 1.29 is 4.79 Å². The summed E-state index contributed by atoms with van der Waals surface area (Å²) in [5.41, 5.74) is 4.26. The van der Waals surface area contributed by atoms with Crippen LogP contribution >= 0.6 is 11.6 Å². The Balaban J connectivity index is 2.39. The van der Waals surface area contributed by atoms with E-state index in [9.17, 15) is 4.79 Å². The number of rotatable bonds is 2. The maximum atomic E-state index is 11.4. The van der Waals surface area contributed by atoms with Crippen LogP contribution in [-0.4, -0.2) is 10.9 Å². The topological polar surface area (TPSA) is 68.0 Å². The number of nitrogens with zero attached hydrogens (tertiary/aromatic N) is 1. The molecule has 4 nitrogen and oxygen atoms in total. The Labute approximate surface area is 103 Å². The molecular formula is C12H10ClN3O. The van der Waals surface area contributed by atoms with E-state index in [1.807, 2.05) is 12.1 Å². The zero-order valence-corrected chi connectivity index (χ0v) is 9.61. The molecule has 1 heterocycles. The Bertz CT molecular complexity index is 540. The van der Waals surface area contributed by atoms with Gasteiger partial charge in [-0.15, -0.1) is 0 Å². The summed E-state index contributed by atoms with van der Waals surface area (Å²) in [6.45, 7) is 0. The van der Waals surface area contributed by atoms with Crippen molar-refractivity contribution in [1.82, 2.24) is 10.4 Å². The van der Waals surface area contributed by atoms with Crippen LogP contribution in [0.4, 0.5) is 0 Å². The summed E-state index contributed by atoms with van der Waals surface area (Å²) in [6.07, 6.45) is 3.14. The van der Waals surface area contributed by atoms with E-state index in [1.165, 1.54) is 6.20 Å². The van der Waals surface area contributed by atoms with Crippen LogP contribution in [0.15, 0.2) is 42.7 Å². The van der Waals surface area contributed by atoms with Crippen LogP contribution in [0.25, 0.3) is 11.1 Å². The summed E-state index contributed by atoms with van der Waals surface area (Å²) in [5, 5.41) is 0.664. The number of benzene rings is 1. The third kappa shape index (κ3) is 2.61. The summed E-state index contributed by atoms with van der Waals surface area (Å²) in [6, 6.07) is 9.02. The second-order valence-electron chi connectivity index (χ2n) is 3.44. The molecular weight excluding hydrogens is 238 g/mol. The van der Waals surface area contributed by atoms with E-state index in [1.54, 1.807) is 24.4 Å². The van der Waals surface area contributed by atoms with Gasteiger partial charge in [-0.05, 0) is 23.8 Å². The summed E-state index contributed by atoms with van der Waals surface area (Å²) < 4.78 is 0. The predicted octanol–water partition coefficient (Wildman–Crippen LogP) is 2.01. The minimum Gasteiger partial charge on any atom is -0.290 e. The minimum atomic E-state index is -0.367. The highest BCUT2D eigenvalue weighted by atomic mass is 35.5. The molecule has 0 saturated heterocycles. The number of aromatic nitrogens is 1. The summed E-state index contributed by atoms with van der Waals surface area (Å²) >= 11 is 5.81. The van der Waals surface area contributed by atoms with E-state index in [-0.39, 0.29) is 5.91 Å². The lowest BCUT2D eigenvalue weighted by Crippen LogP contribution is -2.30. The van der Waals surface area contributed by atoms with E-state index in [0.29, 0.717) is 10.6 Å². The zero-order chi connectivity index (χ0) is 12.3. The molecule has 0 unspecified atom stereocenters. The van der Waals surface area contributed by atoms with E-state index >= 15 is 0 Å². The van der Waals surface area contributed by atoms with Crippen LogP contribution in [0.2, 0.25) is 5.02 Å². The van der Waals surface area contributed by atoms with Gasteiger partial charge in [-0.25, -0.2) is 5.84 Å². The molecule has 86 valence electrons. The fourth-order valence-electron chi connectivity index (χ4n) is 1.45. The van der Waals surface area contributed by atoms with E-state index in [0.717, 1.165) is 11.1 Å². The second kappa shape index (κ2) is 4.95. The summed E-state index contributed by atoms with van der Waals surface area (Å²) in [7, 11) is 0. The molecule has 17 heavy (non-hydrogen) atoms. The van der Waals surface area contributed by atoms with Crippen molar-refractivity contribution >= 4 is 17.5 Å². The number of nitrogens with one attached hydrogen (secondary N) is 1. The number of hydrogen-bond acceptors (Lipinski definition) is 3. The molecule has 0 aliphatic heterocycles. The zero-order valence-electron chi connectivity index (χ0n) is 8.85. The van der Waals surface area contributed by atoms with Crippen LogP contribution in [0.3, 0.4) is 0 Å². The monoisotopic (exact) mass is 247 g/mol. The number of carbonyl (C=O) groups is 1. The second-order valence-corrected chi connectivity index (χ2v) is 3.88. The molecule has 0 bridgehead atoms. The Hall–Kier alpha value is -1.91. The summed E-state index contributed by atoms with van der Waals surface area (Å²) in [5.74, 6) is 4.70. The van der Waals surface area contributed by atoms with Crippen LogP contribution in [0.5, 0.6) is 0 Å². The number of amides is 1. The van der Waals surface area contributed by atoms with Crippen LogP contribution in [0.1, 0.15) is 10.4 Å². The fraction of sp³-hybridized carbons (Fsp3) is 0. The van der Waals surface area contributed by atoms with Gasteiger partial charge in [0, 0.05) is 23.0 Å². The highest BCUT2D eigenvalue weighted by Gasteiger charge is 2.06. The van der Waals surface area contributed by atoms with Gasteiger partial charge < -0.3 is 0 Å². The van der Waals surface area contributed by atoms with Crippen molar-refractivity contribution in [3.05, 3.63) is 53.3 Å². The Morgan fingerprint density at radius 1 is 1.18 bits per heavy atom. The third-order valence-electron chi connectivity index (χ3n) is 2.31. The molecule has 2 aromatic rings. The van der Waals surface area contributed by atoms with Gasteiger partial charge in [0.25, 0.3) is 5.91 Å². The maximum Gasteiger partial charge on any atom is 0.266 e. The average molecular weight is 248 g/mol. The van der Waals surface area contributed by atoms with E-state index < -0.39 is 0 Å². The predicted molar refractivity (Wildman–Crippen MR) is 66.3 cm³/mol. The lowest BCUT2D eigenvalue weighted by Gasteiger charge is -2.04. The van der Waals surface area contributed by atoms with E-state index in [4.69, 9.17) is 17.4 Å². The van der Waals surface area contributed by atoms with Gasteiger partial charge >= 0.3 is 0 Å². The maximum absolute atomic E-state index is 11.4. The Kier molecular flexibility index (Phi) is 3.37. The van der Waals surface area contributed by atoms with Crippen LogP contribution < -0.4 is 11.3 Å². The first-order valence-electron chi connectivity index (χ1n) is 4.92. The summed E-state index contributed by atoms with van der Waals surface area (Å²) in [4.78, 5) is 15.4. The standard InChI is InChI=1S/C12H10ClN3O/c13-11-3-1-8(2-4-11)9-5-10(7-15-6-9)12(17)16-14/h1-7H,14H2,(H,16,17). The normalized spacial score (nSPS) is 10.0. The molecule has 2 rings (SSSR count). The van der Waals surface area contributed by atoms with Gasteiger partial charge in [0.15, 0.2) is 0 Å². The van der Waals surface area contributed by atoms with Crippen molar-refractivity contribution in [1.29, 1.82) is 0 Å². The molecule has 0 fully saturated rings. The van der Waals surface area contributed by atoms with Gasteiger partial charge in [0.1, 0.15) is 0 Å². The van der Waals surface area contributed by atoms with Crippen molar-refractivity contribution in [3.63, 3.8) is 0 Å². The lowest BCUT2D eigenvalue weighted by atomic mass is 10.1. The molecule has 0 atom stereocenters. The molecule has 0 aliphatic carbocycles. The largest absolute Gasteiger partial charge is 0.290 e. The Morgan fingerprint density at radius 3 is 2.53 bits per heavy atom. The molecule has 0 saturated carbocycles. The minimum absolute atomic E-state index is 0.367. The van der Waals surface area contributed by atoms with Gasteiger partial charge in [0.05, 0.1) is 5.56 Å². The van der Waals surface area contributed by atoms with Crippen molar-refractivity contribution in [2.75, 3.05) is 0 Å². The highest BCUT2D eigenvalue weighted by molar-refractivity contribution is 6.30. The molecule has 5 heteroatoms. The van der Waals surface area contributed by atoms with Crippen molar-refractivity contribution in [3.8, 4) is 11.1 Å². The van der Waals surface area contributed by atoms with Gasteiger partial charge in [0.2, 0.25) is 0 Å². The molecule has 1 aromatic carbocycles. The number of nitrogen functional groups attached to an aromatic ring is 1. The SMILES string of the molecule is NNC(=O)c1cncc(-c2ccc(Cl)cc2)c1. The smallest absolute Gasteiger partial charge is 0.266 e. The Morgan fingerprint density at radius 2 is 1.88 bits per heavy atom. The van der Waals surface area contributed by atoms with Crippen LogP contribution in [0, 0.1) is 0 Å². The number of pyridine rings is 1. The number of hydrazine groups is 1. The molecule has 1 amide bonds. The fourth-order valence-corrected chi connectivity index (χ4v) is 1.57. The number of hydrogen-bond donors (Lipinski definition) is 2. The average Bonchev–Trinajstić information content (AvgIpc) is 2.39. The molecule has 3 N–H and O–H groups in total. The number of halogens is 1. The highest BCUT2D eigenvalue weighted by Crippen LogP contribution is 2.21. The van der Waals surface area contributed by atoms with Crippen molar-refractivity contribution in [2.45, 2.75) is 0 Å². The van der Waals surface area contributed by atoms with Gasteiger partial charge in [-0.3, -0.25) is 15.2 Å². The van der Waals surface area contributed by atoms with Gasteiger partial charge in [-0.2, -0.15) is 0 Å². The molecule has 0 spiro atoms. The first kappa shape index (κ1) is 11.6. The third-order valence-corrected chi connectivity index (χ3v) is 2.56. The lowest BCUT2D eigenvalue weighted by molar-refractivity contribution is 0.0953. The number of nitrogens with two attached hydrogens (primary N) is 1. The number of carbonyl (C=O) groups excluding carboxylic acids is 1. The molecule has 1 aromatic heterocycles. The van der Waals surface area contributed by atoms with Crippen LogP contribution in [-0.2, 0) is 0 Å².